The van der Waals surface area contributed by atoms with Crippen molar-refractivity contribution in [2.45, 2.75) is 48.0 Å². The van der Waals surface area contributed by atoms with E-state index in [2.05, 4.69) is 26.8 Å². The van der Waals surface area contributed by atoms with Gasteiger partial charge in [0.05, 0.1) is 0 Å². The van der Waals surface area contributed by atoms with E-state index in [1.165, 1.54) is 17.4 Å². The minimum Gasteiger partial charge on any atom is -0.461 e. The number of hydrogen-bond donors (Lipinski definition) is 0. The van der Waals surface area contributed by atoms with Crippen LogP contribution in [0.1, 0.15) is 45.4 Å². The van der Waals surface area contributed by atoms with E-state index in [1.54, 1.807) is 0 Å². The van der Waals surface area contributed by atoms with E-state index in [9.17, 15) is 0 Å². The van der Waals surface area contributed by atoms with E-state index in [1.807, 2.05) is 39.0 Å². The van der Waals surface area contributed by atoms with Gasteiger partial charge in [0, 0.05) is 5.39 Å². The number of aryl methyl sites for hydroxylation is 2. The van der Waals surface area contributed by atoms with Crippen LogP contribution in [-0.2, 0) is 0 Å². The van der Waals surface area contributed by atoms with Crippen LogP contribution in [-0.4, -0.2) is 0 Å². The standard InChI is InChI=1S/C10H10O.C3H8.C2H6/c1-7-8(2)11-10-6-4-3-5-9(7)10;1-3-2;1-2/h3-6H,1-2H3;3H2,1-2H3;1-2H3. The first kappa shape index (κ1) is 14.8. The van der Waals surface area contributed by atoms with E-state index in [-0.39, 0.29) is 0 Å². The summed E-state index contributed by atoms with van der Waals surface area (Å²) >= 11 is 0. The van der Waals surface area contributed by atoms with Crippen LogP contribution < -0.4 is 0 Å². The van der Waals surface area contributed by atoms with Crippen LogP contribution >= 0.6 is 0 Å². The van der Waals surface area contributed by atoms with Crippen molar-refractivity contribution in [1.82, 2.24) is 0 Å². The Morgan fingerprint density at radius 2 is 1.50 bits per heavy atom. The minimum atomic E-state index is 0.988. The third-order valence-corrected chi connectivity index (χ3v) is 2.08. The highest BCUT2D eigenvalue weighted by Crippen LogP contribution is 2.23. The number of benzene rings is 1. The van der Waals surface area contributed by atoms with Gasteiger partial charge < -0.3 is 4.42 Å². The van der Waals surface area contributed by atoms with Crippen molar-refractivity contribution in [3.63, 3.8) is 0 Å². The SMILES string of the molecule is CC.CCC.Cc1oc2ccccc2c1C. The lowest BCUT2D eigenvalue weighted by molar-refractivity contribution is 0.575. The zero-order chi connectivity index (χ0) is 12.6. The van der Waals surface area contributed by atoms with Crippen molar-refractivity contribution in [1.29, 1.82) is 0 Å². The molecule has 1 aromatic carbocycles. The second kappa shape index (κ2) is 7.98. The Morgan fingerprint density at radius 1 is 1.00 bits per heavy atom. The summed E-state index contributed by atoms with van der Waals surface area (Å²) in [5.74, 6) is 1.02. The molecule has 1 heteroatoms. The molecule has 0 N–H and O–H groups in total. The minimum absolute atomic E-state index is 0.988. The van der Waals surface area contributed by atoms with Gasteiger partial charge in [-0.05, 0) is 25.5 Å². The van der Waals surface area contributed by atoms with Gasteiger partial charge in [-0.25, -0.2) is 0 Å². The lowest BCUT2D eigenvalue weighted by Gasteiger charge is -1.85. The fourth-order valence-corrected chi connectivity index (χ4v) is 1.30. The summed E-state index contributed by atoms with van der Waals surface area (Å²) in [6.45, 7) is 12.3. The maximum absolute atomic E-state index is 5.50. The van der Waals surface area contributed by atoms with Gasteiger partial charge in [0.15, 0.2) is 0 Å². The molecule has 2 aromatic rings. The molecule has 1 nitrogen and oxygen atoms in total. The van der Waals surface area contributed by atoms with Gasteiger partial charge >= 0.3 is 0 Å². The monoisotopic (exact) mass is 220 g/mol. The summed E-state index contributed by atoms with van der Waals surface area (Å²) in [7, 11) is 0. The highest BCUT2D eigenvalue weighted by atomic mass is 16.3. The summed E-state index contributed by atoms with van der Waals surface area (Å²) in [6.07, 6.45) is 1.25. The molecule has 0 bridgehead atoms. The maximum Gasteiger partial charge on any atom is 0.134 e. The molecule has 0 saturated carbocycles. The molecule has 16 heavy (non-hydrogen) atoms. The summed E-state index contributed by atoms with van der Waals surface area (Å²) in [4.78, 5) is 0. The molecular formula is C15H24O. The Morgan fingerprint density at radius 3 is 2.00 bits per heavy atom. The van der Waals surface area contributed by atoms with Crippen molar-refractivity contribution in [2.24, 2.45) is 0 Å². The summed E-state index contributed by atoms with van der Waals surface area (Å²) in [6, 6.07) is 8.10. The molecule has 0 fully saturated rings. The van der Waals surface area contributed by atoms with Crippen molar-refractivity contribution in [3.8, 4) is 0 Å². The summed E-state index contributed by atoms with van der Waals surface area (Å²) in [5.41, 5.74) is 2.24. The maximum atomic E-state index is 5.50. The number of fused-ring (bicyclic) bond motifs is 1. The molecular weight excluding hydrogens is 196 g/mol. The molecule has 1 heterocycles. The lowest BCUT2D eigenvalue weighted by Crippen LogP contribution is -1.68. The first-order chi connectivity index (χ1) is 7.70. The van der Waals surface area contributed by atoms with Gasteiger partial charge in [-0.1, -0.05) is 52.3 Å². The third kappa shape index (κ3) is 3.73. The third-order valence-electron chi connectivity index (χ3n) is 2.08. The molecule has 0 spiro atoms. The largest absolute Gasteiger partial charge is 0.461 e. The van der Waals surface area contributed by atoms with Crippen molar-refractivity contribution in [2.75, 3.05) is 0 Å². The molecule has 0 aliphatic carbocycles. The van der Waals surface area contributed by atoms with Crippen molar-refractivity contribution < 1.29 is 4.42 Å². The lowest BCUT2D eigenvalue weighted by atomic mass is 10.2. The molecule has 2 rings (SSSR count). The van der Waals surface area contributed by atoms with Crippen LogP contribution in [0.5, 0.6) is 0 Å². The summed E-state index contributed by atoms with van der Waals surface area (Å²) < 4.78 is 5.50. The molecule has 0 aliphatic heterocycles. The Balaban J connectivity index is 0.000000394. The van der Waals surface area contributed by atoms with Crippen LogP contribution in [0.2, 0.25) is 0 Å². The van der Waals surface area contributed by atoms with Crippen LogP contribution in [0, 0.1) is 13.8 Å². The molecule has 0 amide bonds. The fourth-order valence-electron chi connectivity index (χ4n) is 1.30. The van der Waals surface area contributed by atoms with Gasteiger partial charge in [-0.2, -0.15) is 0 Å². The Labute approximate surface area is 99.5 Å². The van der Waals surface area contributed by atoms with E-state index in [0.717, 1.165) is 11.3 Å². The van der Waals surface area contributed by atoms with Gasteiger partial charge in [0.25, 0.3) is 0 Å². The van der Waals surface area contributed by atoms with Gasteiger partial charge in [0.2, 0.25) is 0 Å². The molecule has 0 unspecified atom stereocenters. The zero-order valence-electron chi connectivity index (χ0n) is 11.4. The van der Waals surface area contributed by atoms with Gasteiger partial charge in [-0.3, -0.25) is 0 Å². The number of para-hydroxylation sites is 1. The predicted molar refractivity (Wildman–Crippen MR) is 73.0 cm³/mol. The predicted octanol–water partition coefficient (Wildman–Crippen LogP) is 5.49. The van der Waals surface area contributed by atoms with Crippen LogP contribution in [0.15, 0.2) is 28.7 Å². The van der Waals surface area contributed by atoms with E-state index < -0.39 is 0 Å². The topological polar surface area (TPSA) is 13.1 Å². The number of rotatable bonds is 0. The summed E-state index contributed by atoms with van der Waals surface area (Å²) in [5, 5.41) is 1.23. The normalized spacial score (nSPS) is 8.88. The fraction of sp³-hybridized carbons (Fsp3) is 0.467. The van der Waals surface area contributed by atoms with E-state index in [0.29, 0.717) is 0 Å². The van der Waals surface area contributed by atoms with Crippen LogP contribution in [0.4, 0.5) is 0 Å². The van der Waals surface area contributed by atoms with Crippen molar-refractivity contribution in [3.05, 3.63) is 35.6 Å². The molecule has 0 saturated heterocycles. The van der Waals surface area contributed by atoms with Crippen molar-refractivity contribution >= 4 is 11.0 Å². The number of furan rings is 1. The van der Waals surface area contributed by atoms with Gasteiger partial charge in [0.1, 0.15) is 11.3 Å². The molecule has 0 atom stereocenters. The Kier molecular flexibility index (Phi) is 7.36. The first-order valence-electron chi connectivity index (χ1n) is 6.15. The van der Waals surface area contributed by atoms with Crippen LogP contribution in [0.3, 0.4) is 0 Å². The van der Waals surface area contributed by atoms with Crippen LogP contribution in [0.25, 0.3) is 11.0 Å². The Bertz CT molecular complexity index is 399. The smallest absolute Gasteiger partial charge is 0.134 e. The highest BCUT2D eigenvalue weighted by molar-refractivity contribution is 5.81. The number of hydrogen-bond acceptors (Lipinski definition) is 1. The van der Waals surface area contributed by atoms with E-state index in [4.69, 9.17) is 4.42 Å². The van der Waals surface area contributed by atoms with Gasteiger partial charge in [-0.15, -0.1) is 0 Å². The highest BCUT2D eigenvalue weighted by Gasteiger charge is 2.03. The first-order valence-corrected chi connectivity index (χ1v) is 6.15. The average molecular weight is 220 g/mol. The van der Waals surface area contributed by atoms with E-state index >= 15 is 0 Å². The molecule has 90 valence electrons. The zero-order valence-corrected chi connectivity index (χ0v) is 11.4. The molecule has 1 aromatic heterocycles. The second-order valence-electron chi connectivity index (χ2n) is 3.49. The molecule has 0 aliphatic rings. The quantitative estimate of drug-likeness (QED) is 0.572. The molecule has 0 radical (unpaired) electrons. The Hall–Kier alpha value is -1.24. The second-order valence-corrected chi connectivity index (χ2v) is 3.49. The average Bonchev–Trinajstić information content (AvgIpc) is 2.60.